The van der Waals surface area contributed by atoms with Crippen LogP contribution in [0.3, 0.4) is 0 Å². The Balaban J connectivity index is 2.30. The lowest BCUT2D eigenvalue weighted by molar-refractivity contribution is 0.434. The van der Waals surface area contributed by atoms with Gasteiger partial charge >= 0.3 is 0 Å². The van der Waals surface area contributed by atoms with Crippen LogP contribution in [0, 0.1) is 5.82 Å². The number of hydrogen-bond donors (Lipinski definition) is 3. The minimum atomic E-state index is -0.582. The molecule has 0 unspecified atom stereocenters. The van der Waals surface area contributed by atoms with Gasteiger partial charge in [0, 0.05) is 22.6 Å². The maximum absolute atomic E-state index is 14.0. The van der Waals surface area contributed by atoms with Gasteiger partial charge in [-0.15, -0.1) is 0 Å². The minimum absolute atomic E-state index is 0.0346. The van der Waals surface area contributed by atoms with Crippen molar-refractivity contribution in [3.05, 3.63) is 47.8 Å². The number of rotatable bonds is 2. The normalized spacial score (nSPS) is 11.3. The highest BCUT2D eigenvalue weighted by Gasteiger charge is 2.16. The molecule has 1 aromatic heterocycles. The van der Waals surface area contributed by atoms with Crippen molar-refractivity contribution in [1.82, 2.24) is 4.98 Å². The van der Waals surface area contributed by atoms with Gasteiger partial charge in [-0.1, -0.05) is 26.0 Å². The van der Waals surface area contributed by atoms with E-state index in [0.29, 0.717) is 16.7 Å². The van der Waals surface area contributed by atoms with Gasteiger partial charge < -0.3 is 15.3 Å². The Morgan fingerprint density at radius 1 is 1.00 bits per heavy atom. The third-order valence-corrected chi connectivity index (χ3v) is 3.80. The summed E-state index contributed by atoms with van der Waals surface area (Å²) in [7, 11) is 0. The molecular formula is C18H16FNO3. The second-order valence-corrected chi connectivity index (χ2v) is 5.75. The van der Waals surface area contributed by atoms with Crippen molar-refractivity contribution in [3.8, 4) is 28.5 Å². The first-order chi connectivity index (χ1) is 10.9. The molecule has 3 aromatic rings. The van der Waals surface area contributed by atoms with Crippen LogP contribution in [-0.4, -0.2) is 20.3 Å². The molecule has 0 saturated heterocycles. The van der Waals surface area contributed by atoms with Crippen molar-refractivity contribution in [2.24, 2.45) is 0 Å². The summed E-state index contributed by atoms with van der Waals surface area (Å²) in [6, 6.07) is 8.87. The number of benzene rings is 2. The number of aromatic nitrogens is 1. The smallest absolute Gasteiger partial charge is 0.214 e. The first-order valence-corrected chi connectivity index (χ1v) is 7.23. The lowest BCUT2D eigenvalue weighted by Crippen LogP contribution is -1.92. The Hall–Kier alpha value is -2.82. The van der Waals surface area contributed by atoms with Gasteiger partial charge in [-0.2, -0.15) is 0 Å². The zero-order valence-electron chi connectivity index (χ0n) is 12.7. The molecule has 4 nitrogen and oxygen atoms in total. The molecule has 0 fully saturated rings. The van der Waals surface area contributed by atoms with E-state index in [1.54, 1.807) is 18.2 Å². The van der Waals surface area contributed by atoms with E-state index >= 15 is 0 Å². The Labute approximate surface area is 132 Å². The van der Waals surface area contributed by atoms with E-state index in [1.165, 1.54) is 12.1 Å². The number of aromatic hydroxyl groups is 3. The number of phenols is 2. The van der Waals surface area contributed by atoms with Crippen molar-refractivity contribution in [1.29, 1.82) is 0 Å². The van der Waals surface area contributed by atoms with Crippen LogP contribution in [0.15, 0.2) is 36.4 Å². The van der Waals surface area contributed by atoms with Crippen LogP contribution in [0.2, 0.25) is 0 Å². The summed E-state index contributed by atoms with van der Waals surface area (Å²) >= 11 is 0. The molecule has 1 heterocycles. The van der Waals surface area contributed by atoms with E-state index in [9.17, 15) is 19.7 Å². The fraction of sp³-hybridized carbons (Fsp3) is 0.167. The standard InChI is InChI=1S/C18H16FNO3/c1-9(2)17-14(21)6-10(7-15(17)22)11-4-3-5-12-13(19)8-16(23)20-18(11)12/h3-9,21-22H,1-2H3,(H,20,23). The van der Waals surface area contributed by atoms with Gasteiger partial charge in [-0.3, -0.25) is 0 Å². The maximum Gasteiger partial charge on any atom is 0.214 e. The fourth-order valence-electron chi connectivity index (χ4n) is 2.80. The van der Waals surface area contributed by atoms with Gasteiger partial charge in [-0.25, -0.2) is 9.37 Å². The van der Waals surface area contributed by atoms with E-state index in [4.69, 9.17) is 0 Å². The van der Waals surface area contributed by atoms with Crippen LogP contribution >= 0.6 is 0 Å². The summed E-state index contributed by atoms with van der Waals surface area (Å²) in [5.41, 5.74) is 1.72. The second-order valence-electron chi connectivity index (χ2n) is 5.75. The Morgan fingerprint density at radius 2 is 1.65 bits per heavy atom. The molecule has 23 heavy (non-hydrogen) atoms. The molecule has 2 aromatic carbocycles. The second kappa shape index (κ2) is 5.43. The van der Waals surface area contributed by atoms with E-state index in [1.807, 2.05) is 13.8 Å². The van der Waals surface area contributed by atoms with Crippen LogP contribution in [0.5, 0.6) is 17.4 Å². The average Bonchev–Trinajstić information content (AvgIpc) is 2.45. The van der Waals surface area contributed by atoms with Crippen molar-refractivity contribution in [2.75, 3.05) is 0 Å². The summed E-state index contributed by atoms with van der Waals surface area (Å²) in [5.74, 6) is -1.12. The summed E-state index contributed by atoms with van der Waals surface area (Å²) in [5, 5.41) is 30.2. The molecule has 0 atom stereocenters. The number of pyridine rings is 1. The number of halogens is 1. The molecule has 0 bridgehead atoms. The third kappa shape index (κ3) is 2.54. The Bertz CT molecular complexity index is 883. The van der Waals surface area contributed by atoms with Crippen LogP contribution in [0.4, 0.5) is 4.39 Å². The van der Waals surface area contributed by atoms with Crippen molar-refractivity contribution >= 4 is 10.9 Å². The summed E-state index contributed by atoms with van der Waals surface area (Å²) in [6.45, 7) is 3.72. The first kappa shape index (κ1) is 15.1. The Morgan fingerprint density at radius 3 is 2.26 bits per heavy atom. The van der Waals surface area contributed by atoms with Gasteiger partial charge in [0.25, 0.3) is 0 Å². The molecule has 0 aliphatic heterocycles. The fourth-order valence-corrected chi connectivity index (χ4v) is 2.80. The zero-order valence-corrected chi connectivity index (χ0v) is 12.7. The lowest BCUT2D eigenvalue weighted by atomic mass is 9.95. The van der Waals surface area contributed by atoms with E-state index < -0.39 is 11.7 Å². The van der Waals surface area contributed by atoms with E-state index in [2.05, 4.69) is 4.98 Å². The topological polar surface area (TPSA) is 73.6 Å². The first-order valence-electron chi connectivity index (χ1n) is 7.23. The number of hydrogen-bond acceptors (Lipinski definition) is 4. The molecular weight excluding hydrogens is 297 g/mol. The van der Waals surface area contributed by atoms with Gasteiger partial charge in [0.2, 0.25) is 5.88 Å². The summed E-state index contributed by atoms with van der Waals surface area (Å²) in [6.07, 6.45) is 0. The quantitative estimate of drug-likeness (QED) is 0.660. The summed E-state index contributed by atoms with van der Waals surface area (Å²) in [4.78, 5) is 3.98. The molecule has 0 aliphatic rings. The monoisotopic (exact) mass is 313 g/mol. The van der Waals surface area contributed by atoms with Gasteiger partial charge in [0.1, 0.15) is 17.3 Å². The lowest BCUT2D eigenvalue weighted by Gasteiger charge is -2.14. The van der Waals surface area contributed by atoms with Gasteiger partial charge in [-0.05, 0) is 29.7 Å². The number of fused-ring (bicyclic) bond motifs is 1. The summed E-state index contributed by atoms with van der Waals surface area (Å²) < 4.78 is 14.0. The van der Waals surface area contributed by atoms with Crippen LogP contribution in [0.25, 0.3) is 22.0 Å². The van der Waals surface area contributed by atoms with Crippen LogP contribution < -0.4 is 0 Å². The Kier molecular flexibility index (Phi) is 3.56. The van der Waals surface area contributed by atoms with Gasteiger partial charge in [0.15, 0.2) is 0 Å². The molecule has 5 heteroatoms. The highest BCUT2D eigenvalue weighted by atomic mass is 19.1. The highest BCUT2D eigenvalue weighted by Crippen LogP contribution is 2.40. The highest BCUT2D eigenvalue weighted by molar-refractivity contribution is 5.94. The number of para-hydroxylation sites is 1. The van der Waals surface area contributed by atoms with Gasteiger partial charge in [0.05, 0.1) is 5.52 Å². The average molecular weight is 313 g/mol. The third-order valence-electron chi connectivity index (χ3n) is 3.80. The molecule has 3 rings (SSSR count). The SMILES string of the molecule is CC(C)c1c(O)cc(-c2cccc3c(F)cc(O)nc23)cc1O. The predicted octanol–water partition coefficient (Wildman–Crippen LogP) is 4.28. The van der Waals surface area contributed by atoms with Crippen LogP contribution in [0.1, 0.15) is 25.3 Å². The van der Waals surface area contributed by atoms with Crippen molar-refractivity contribution in [3.63, 3.8) is 0 Å². The molecule has 118 valence electrons. The largest absolute Gasteiger partial charge is 0.507 e. The minimum Gasteiger partial charge on any atom is -0.507 e. The predicted molar refractivity (Wildman–Crippen MR) is 86.2 cm³/mol. The van der Waals surface area contributed by atoms with E-state index in [-0.39, 0.29) is 28.3 Å². The maximum atomic E-state index is 14.0. The number of phenolic OH excluding ortho intramolecular Hbond substituents is 2. The van der Waals surface area contributed by atoms with Crippen molar-refractivity contribution < 1.29 is 19.7 Å². The van der Waals surface area contributed by atoms with E-state index in [0.717, 1.165) is 6.07 Å². The molecule has 0 saturated carbocycles. The molecule has 0 radical (unpaired) electrons. The number of nitrogens with zero attached hydrogens (tertiary/aromatic N) is 1. The molecule has 3 N–H and O–H groups in total. The molecule has 0 spiro atoms. The van der Waals surface area contributed by atoms with Crippen molar-refractivity contribution in [2.45, 2.75) is 19.8 Å². The molecule has 0 aliphatic carbocycles. The molecule has 0 amide bonds. The zero-order chi connectivity index (χ0) is 16.7. The van der Waals surface area contributed by atoms with Crippen LogP contribution in [-0.2, 0) is 0 Å².